The number of amides is 1. The number of carbonyl (C=O) groups is 2. The SMILES string of the molecule is C/C(C=O)=C/C(=O)N(C)C1CCC(N(C)C)CC1. The van der Waals surface area contributed by atoms with Crippen molar-refractivity contribution in [3.63, 3.8) is 0 Å². The van der Waals surface area contributed by atoms with Gasteiger partial charge in [-0.05, 0) is 52.3 Å². The fourth-order valence-electron chi connectivity index (χ4n) is 2.47. The molecule has 102 valence electrons. The van der Waals surface area contributed by atoms with E-state index in [1.807, 2.05) is 7.05 Å². The van der Waals surface area contributed by atoms with Crippen molar-refractivity contribution in [1.29, 1.82) is 0 Å². The van der Waals surface area contributed by atoms with Gasteiger partial charge in [0.25, 0.3) is 0 Å². The Hall–Kier alpha value is -1.16. The summed E-state index contributed by atoms with van der Waals surface area (Å²) in [6.45, 7) is 1.65. The largest absolute Gasteiger partial charge is 0.339 e. The molecule has 0 heterocycles. The molecule has 0 aromatic carbocycles. The molecule has 0 N–H and O–H groups in total. The molecule has 1 saturated carbocycles. The minimum atomic E-state index is -0.0621. The standard InChI is InChI=1S/C14H24N2O2/c1-11(10-17)9-14(18)16(4)13-7-5-12(6-8-13)15(2)3/h9-10,12-13H,5-8H2,1-4H3/b11-9-. The second-order valence-electron chi connectivity index (χ2n) is 5.38. The van der Waals surface area contributed by atoms with Crippen LogP contribution in [0.15, 0.2) is 11.6 Å². The predicted octanol–water partition coefficient (Wildman–Crippen LogP) is 1.46. The summed E-state index contributed by atoms with van der Waals surface area (Å²) < 4.78 is 0. The molecule has 0 saturated heterocycles. The van der Waals surface area contributed by atoms with Gasteiger partial charge in [0.05, 0.1) is 0 Å². The molecule has 0 aromatic rings. The molecule has 1 amide bonds. The molecule has 0 aromatic heterocycles. The Morgan fingerprint density at radius 1 is 1.06 bits per heavy atom. The third-order valence-corrected chi connectivity index (χ3v) is 3.83. The molecule has 1 fully saturated rings. The van der Waals surface area contributed by atoms with Gasteiger partial charge in [0, 0.05) is 25.2 Å². The Morgan fingerprint density at radius 3 is 2.00 bits per heavy atom. The minimum Gasteiger partial charge on any atom is -0.339 e. The van der Waals surface area contributed by atoms with Crippen molar-refractivity contribution in [1.82, 2.24) is 9.80 Å². The lowest BCUT2D eigenvalue weighted by atomic mass is 9.89. The van der Waals surface area contributed by atoms with E-state index in [1.165, 1.54) is 6.08 Å². The quantitative estimate of drug-likeness (QED) is 0.562. The van der Waals surface area contributed by atoms with Gasteiger partial charge in [0.2, 0.25) is 5.91 Å². The highest BCUT2D eigenvalue weighted by atomic mass is 16.2. The first-order valence-electron chi connectivity index (χ1n) is 6.52. The van der Waals surface area contributed by atoms with Gasteiger partial charge in [-0.15, -0.1) is 0 Å². The fourth-order valence-corrected chi connectivity index (χ4v) is 2.47. The maximum absolute atomic E-state index is 11.9. The van der Waals surface area contributed by atoms with Gasteiger partial charge in [-0.1, -0.05) is 0 Å². The van der Waals surface area contributed by atoms with E-state index in [1.54, 1.807) is 11.8 Å². The zero-order valence-electron chi connectivity index (χ0n) is 11.8. The van der Waals surface area contributed by atoms with Crippen molar-refractivity contribution < 1.29 is 9.59 Å². The Morgan fingerprint density at radius 2 is 1.56 bits per heavy atom. The predicted molar refractivity (Wildman–Crippen MR) is 72.3 cm³/mol. The lowest BCUT2D eigenvalue weighted by Gasteiger charge is -2.36. The van der Waals surface area contributed by atoms with E-state index in [2.05, 4.69) is 19.0 Å². The molecule has 1 aliphatic carbocycles. The van der Waals surface area contributed by atoms with Crippen LogP contribution in [0.5, 0.6) is 0 Å². The molecular weight excluding hydrogens is 228 g/mol. The summed E-state index contributed by atoms with van der Waals surface area (Å²) in [4.78, 5) is 26.5. The van der Waals surface area contributed by atoms with Gasteiger partial charge in [-0.25, -0.2) is 0 Å². The lowest BCUT2D eigenvalue weighted by molar-refractivity contribution is -0.127. The normalized spacial score (nSPS) is 25.1. The van der Waals surface area contributed by atoms with Gasteiger partial charge in [-0.3, -0.25) is 9.59 Å². The van der Waals surface area contributed by atoms with Crippen molar-refractivity contribution in [2.24, 2.45) is 0 Å². The monoisotopic (exact) mass is 252 g/mol. The van der Waals surface area contributed by atoms with E-state index < -0.39 is 0 Å². The summed E-state index contributed by atoms with van der Waals surface area (Å²) in [6.07, 6.45) is 6.48. The number of allylic oxidation sites excluding steroid dienone is 1. The molecule has 1 rings (SSSR count). The van der Waals surface area contributed by atoms with Crippen molar-refractivity contribution in [2.75, 3.05) is 21.1 Å². The first-order valence-corrected chi connectivity index (χ1v) is 6.52. The number of hydrogen-bond acceptors (Lipinski definition) is 3. The number of likely N-dealkylation sites (N-methyl/N-ethyl adjacent to an activating group) is 1. The summed E-state index contributed by atoms with van der Waals surface area (Å²) >= 11 is 0. The van der Waals surface area contributed by atoms with Crippen LogP contribution in [0.2, 0.25) is 0 Å². The molecule has 0 atom stereocenters. The zero-order chi connectivity index (χ0) is 13.7. The van der Waals surface area contributed by atoms with E-state index in [9.17, 15) is 9.59 Å². The van der Waals surface area contributed by atoms with Crippen LogP contribution in [0.1, 0.15) is 32.6 Å². The molecule has 1 aliphatic rings. The number of rotatable bonds is 4. The summed E-state index contributed by atoms with van der Waals surface area (Å²) in [7, 11) is 6.05. The molecule has 0 bridgehead atoms. The maximum atomic E-state index is 11.9. The maximum Gasteiger partial charge on any atom is 0.246 e. The van der Waals surface area contributed by atoms with Crippen LogP contribution < -0.4 is 0 Å². The topological polar surface area (TPSA) is 40.6 Å². The Balaban J connectivity index is 2.52. The second kappa shape index (κ2) is 6.69. The molecule has 0 spiro atoms. The summed E-state index contributed by atoms with van der Waals surface area (Å²) in [5.74, 6) is -0.0621. The Kier molecular flexibility index (Phi) is 5.54. The second-order valence-corrected chi connectivity index (χ2v) is 5.38. The van der Waals surface area contributed by atoms with Crippen molar-refractivity contribution in [3.05, 3.63) is 11.6 Å². The van der Waals surface area contributed by atoms with Crippen molar-refractivity contribution in [2.45, 2.75) is 44.7 Å². The van der Waals surface area contributed by atoms with Crippen LogP contribution in [-0.4, -0.2) is 55.2 Å². The molecule has 4 heteroatoms. The van der Waals surface area contributed by atoms with Crippen LogP contribution >= 0.6 is 0 Å². The highest BCUT2D eigenvalue weighted by Gasteiger charge is 2.26. The van der Waals surface area contributed by atoms with E-state index in [-0.39, 0.29) is 5.91 Å². The highest BCUT2D eigenvalue weighted by molar-refractivity contribution is 5.93. The average Bonchev–Trinajstić information content (AvgIpc) is 2.37. The summed E-state index contributed by atoms with van der Waals surface area (Å²) in [5.41, 5.74) is 0.480. The van der Waals surface area contributed by atoms with E-state index in [4.69, 9.17) is 0 Å². The number of aldehydes is 1. The summed E-state index contributed by atoms with van der Waals surface area (Å²) in [5, 5.41) is 0. The van der Waals surface area contributed by atoms with Crippen molar-refractivity contribution >= 4 is 12.2 Å². The first kappa shape index (κ1) is 14.9. The fraction of sp³-hybridized carbons (Fsp3) is 0.714. The smallest absolute Gasteiger partial charge is 0.246 e. The molecule has 0 aliphatic heterocycles. The minimum absolute atomic E-state index is 0.0621. The molecular formula is C14H24N2O2. The zero-order valence-corrected chi connectivity index (χ0v) is 11.8. The molecule has 18 heavy (non-hydrogen) atoms. The third-order valence-electron chi connectivity index (χ3n) is 3.83. The van der Waals surface area contributed by atoms with Gasteiger partial charge >= 0.3 is 0 Å². The number of nitrogens with zero attached hydrogens (tertiary/aromatic N) is 2. The lowest BCUT2D eigenvalue weighted by Crippen LogP contribution is -2.42. The Labute approximate surface area is 110 Å². The Bertz CT molecular complexity index is 329. The van der Waals surface area contributed by atoms with Gasteiger partial charge in [-0.2, -0.15) is 0 Å². The van der Waals surface area contributed by atoms with E-state index in [0.717, 1.165) is 25.7 Å². The van der Waals surface area contributed by atoms with Crippen LogP contribution in [0.25, 0.3) is 0 Å². The molecule has 0 unspecified atom stereocenters. The number of carbonyl (C=O) groups excluding carboxylic acids is 2. The van der Waals surface area contributed by atoms with Crippen LogP contribution in [0, 0.1) is 0 Å². The van der Waals surface area contributed by atoms with Crippen molar-refractivity contribution in [3.8, 4) is 0 Å². The van der Waals surface area contributed by atoms with E-state index in [0.29, 0.717) is 23.9 Å². The molecule has 0 radical (unpaired) electrons. The van der Waals surface area contributed by atoms with Crippen LogP contribution in [0.3, 0.4) is 0 Å². The summed E-state index contributed by atoms with van der Waals surface area (Å²) in [6, 6.07) is 0.946. The van der Waals surface area contributed by atoms with E-state index >= 15 is 0 Å². The average molecular weight is 252 g/mol. The van der Waals surface area contributed by atoms with Gasteiger partial charge in [0.1, 0.15) is 6.29 Å². The van der Waals surface area contributed by atoms with Gasteiger partial charge < -0.3 is 9.80 Å². The van der Waals surface area contributed by atoms with Crippen LogP contribution in [-0.2, 0) is 9.59 Å². The molecule has 4 nitrogen and oxygen atoms in total. The van der Waals surface area contributed by atoms with Gasteiger partial charge in [0.15, 0.2) is 0 Å². The highest BCUT2D eigenvalue weighted by Crippen LogP contribution is 2.24. The first-order chi connectivity index (χ1) is 8.45. The number of hydrogen-bond donors (Lipinski definition) is 0. The van der Waals surface area contributed by atoms with Crippen LogP contribution in [0.4, 0.5) is 0 Å². The third kappa shape index (κ3) is 3.95.